The van der Waals surface area contributed by atoms with Crippen molar-refractivity contribution in [3.8, 4) is 5.75 Å². The summed E-state index contributed by atoms with van der Waals surface area (Å²) in [7, 11) is 1.56. The van der Waals surface area contributed by atoms with E-state index >= 15 is 0 Å². The van der Waals surface area contributed by atoms with Gasteiger partial charge in [-0.2, -0.15) is 0 Å². The van der Waals surface area contributed by atoms with Gasteiger partial charge in [-0.1, -0.05) is 25.6 Å². The largest absolute Gasteiger partial charge is 0.507 e. The quantitative estimate of drug-likeness (QED) is 0.303. The zero-order valence-electron chi connectivity index (χ0n) is 22.6. The van der Waals surface area contributed by atoms with Gasteiger partial charge in [-0.3, -0.25) is 4.79 Å². The van der Waals surface area contributed by atoms with Crippen molar-refractivity contribution in [1.82, 2.24) is 15.6 Å². The third-order valence-electron chi connectivity index (χ3n) is 6.83. The molecule has 8 N–H and O–H groups in total. The van der Waals surface area contributed by atoms with Crippen molar-refractivity contribution in [1.29, 1.82) is 0 Å². The third kappa shape index (κ3) is 9.63. The summed E-state index contributed by atoms with van der Waals surface area (Å²) in [5.41, 5.74) is 15.8. The van der Waals surface area contributed by atoms with Crippen LogP contribution in [0.5, 0.6) is 5.75 Å². The topological polar surface area (TPSA) is 138 Å². The number of nitrogens with one attached hydrogen (secondary N) is 3. The predicted octanol–water partition coefficient (Wildman–Crippen LogP) is 4.50. The van der Waals surface area contributed by atoms with Crippen LogP contribution in [0.2, 0.25) is 0 Å². The Bertz CT molecular complexity index is 1010. The fraction of sp³-hybridized carbons (Fsp3) is 0.483. The molecule has 1 aromatic carbocycles. The number of benzene rings is 1. The van der Waals surface area contributed by atoms with Crippen LogP contribution in [0.3, 0.4) is 0 Å². The Morgan fingerprint density at radius 2 is 1.92 bits per heavy atom. The van der Waals surface area contributed by atoms with Gasteiger partial charge in [0.05, 0.1) is 0 Å². The number of hydrogen-bond acceptors (Lipinski definition) is 6. The van der Waals surface area contributed by atoms with E-state index in [4.69, 9.17) is 16.2 Å². The van der Waals surface area contributed by atoms with Crippen molar-refractivity contribution in [3.05, 3.63) is 59.8 Å². The lowest BCUT2D eigenvalue weighted by Crippen LogP contribution is -2.49. The van der Waals surface area contributed by atoms with E-state index in [0.717, 1.165) is 30.9 Å². The second kappa shape index (κ2) is 15.1. The summed E-state index contributed by atoms with van der Waals surface area (Å²) in [5, 5.41) is 16.0. The number of nitrogens with two attached hydrogens (primary N) is 2. The molecule has 0 bridgehead atoms. The van der Waals surface area contributed by atoms with Gasteiger partial charge in [-0.05, 0) is 81.2 Å². The van der Waals surface area contributed by atoms with Crippen LogP contribution >= 0.6 is 0 Å². The zero-order chi connectivity index (χ0) is 27.3. The van der Waals surface area contributed by atoms with Crippen LogP contribution in [0.4, 0.5) is 5.82 Å². The number of rotatable bonds is 7. The Balaban J connectivity index is 0.000000330. The number of aromatic nitrogens is 1. The Morgan fingerprint density at radius 1 is 1.24 bits per heavy atom. The van der Waals surface area contributed by atoms with Gasteiger partial charge in [0.15, 0.2) is 0 Å². The molecule has 1 saturated carbocycles. The average Bonchev–Trinajstić information content (AvgIpc) is 3.27. The van der Waals surface area contributed by atoms with Crippen molar-refractivity contribution >= 4 is 23.5 Å². The van der Waals surface area contributed by atoms with Gasteiger partial charge in [0.25, 0.3) is 0 Å². The minimum Gasteiger partial charge on any atom is -0.507 e. The summed E-state index contributed by atoms with van der Waals surface area (Å²) in [5.74, 6) is 0.916. The molecule has 0 radical (unpaired) electrons. The van der Waals surface area contributed by atoms with Crippen LogP contribution in [0.1, 0.15) is 75.0 Å². The number of aromatic hydroxyl groups is 1. The second-order valence-corrected chi connectivity index (χ2v) is 9.88. The molecule has 2 heterocycles. The molecule has 37 heavy (non-hydrogen) atoms. The van der Waals surface area contributed by atoms with Gasteiger partial charge in [0, 0.05) is 55.4 Å². The molecule has 1 aliphatic carbocycles. The fourth-order valence-corrected chi connectivity index (χ4v) is 4.17. The minimum atomic E-state index is -0.144. The maximum Gasteiger partial charge on any atom is 0.243 e. The number of amides is 1. The number of phenolic OH excluding ortho intramolecular Hbond substituents is 1. The van der Waals surface area contributed by atoms with Crippen LogP contribution in [0, 0.1) is 0 Å². The highest BCUT2D eigenvalue weighted by Crippen LogP contribution is 2.33. The van der Waals surface area contributed by atoms with E-state index in [1.165, 1.54) is 44.6 Å². The number of nitrogen functional groups attached to an aromatic ring is 1. The Kier molecular flexibility index (Phi) is 12.3. The highest BCUT2D eigenvalue weighted by Gasteiger charge is 2.31. The molecule has 1 aliphatic heterocycles. The van der Waals surface area contributed by atoms with E-state index < -0.39 is 0 Å². The molecule has 1 unspecified atom stereocenters. The van der Waals surface area contributed by atoms with Crippen molar-refractivity contribution in [2.45, 2.75) is 63.8 Å². The van der Waals surface area contributed by atoms with Crippen LogP contribution in [0.25, 0.3) is 11.8 Å². The lowest BCUT2D eigenvalue weighted by Gasteiger charge is -2.40. The van der Waals surface area contributed by atoms with E-state index in [1.54, 1.807) is 25.2 Å². The van der Waals surface area contributed by atoms with Crippen molar-refractivity contribution in [3.63, 3.8) is 0 Å². The van der Waals surface area contributed by atoms with Gasteiger partial charge in [-0.25, -0.2) is 0 Å². The van der Waals surface area contributed by atoms with Crippen molar-refractivity contribution in [2.75, 3.05) is 32.5 Å². The maximum absolute atomic E-state index is 9.99. The summed E-state index contributed by atoms with van der Waals surface area (Å²) < 4.78 is 5.07. The van der Waals surface area contributed by atoms with Crippen LogP contribution in [-0.2, 0) is 9.53 Å². The normalized spacial score (nSPS) is 17.1. The first kappa shape index (κ1) is 30.0. The summed E-state index contributed by atoms with van der Waals surface area (Å²) in [6.07, 6.45) is 12.7. The van der Waals surface area contributed by atoms with E-state index in [9.17, 15) is 9.90 Å². The number of ether oxygens (including phenoxy) is 1. The summed E-state index contributed by atoms with van der Waals surface area (Å²) in [6, 6.07) is 7.05. The molecular weight excluding hydrogens is 466 g/mol. The Morgan fingerprint density at radius 3 is 2.38 bits per heavy atom. The van der Waals surface area contributed by atoms with E-state index in [-0.39, 0.29) is 17.2 Å². The van der Waals surface area contributed by atoms with Gasteiger partial charge in [-0.15, -0.1) is 0 Å². The van der Waals surface area contributed by atoms with Crippen LogP contribution in [-0.4, -0.2) is 48.3 Å². The minimum absolute atomic E-state index is 0.144. The lowest BCUT2D eigenvalue weighted by atomic mass is 9.78. The van der Waals surface area contributed by atoms with Crippen LogP contribution < -0.4 is 22.1 Å². The number of likely N-dealkylation sites (N-methyl/N-ethyl adjacent to an activating group) is 1. The van der Waals surface area contributed by atoms with E-state index in [2.05, 4.69) is 36.0 Å². The van der Waals surface area contributed by atoms with Crippen molar-refractivity contribution in [2.24, 2.45) is 5.73 Å². The van der Waals surface area contributed by atoms with E-state index in [0.29, 0.717) is 23.0 Å². The molecule has 1 atom stereocenters. The SMILES string of the molecule is C1CCOCC1.C=CC(=O)NC.CC(CNC1(C)CCC1)c1c[nH]c(N)c1/C=C(\N)c1ccccc1O. The average molecular weight is 512 g/mol. The zero-order valence-corrected chi connectivity index (χ0v) is 22.6. The molecule has 1 saturated heterocycles. The monoisotopic (exact) mass is 511 g/mol. The number of anilines is 1. The molecule has 1 amide bonds. The molecule has 2 aromatic rings. The summed E-state index contributed by atoms with van der Waals surface area (Å²) in [4.78, 5) is 13.1. The molecule has 8 nitrogen and oxygen atoms in total. The van der Waals surface area contributed by atoms with Gasteiger partial charge in [0.1, 0.15) is 11.6 Å². The first-order valence-electron chi connectivity index (χ1n) is 13.1. The van der Waals surface area contributed by atoms with Gasteiger partial charge < -0.3 is 36.9 Å². The molecule has 1 aromatic heterocycles. The molecule has 204 valence electrons. The number of carbonyl (C=O) groups excluding carboxylic acids is 1. The first-order valence-corrected chi connectivity index (χ1v) is 13.1. The highest BCUT2D eigenvalue weighted by molar-refractivity contribution is 5.86. The highest BCUT2D eigenvalue weighted by atomic mass is 16.5. The second-order valence-electron chi connectivity index (χ2n) is 9.88. The third-order valence-corrected chi connectivity index (χ3v) is 6.83. The molecule has 8 heteroatoms. The maximum atomic E-state index is 9.99. The Hall–Kier alpha value is -3.23. The molecular formula is C29H45N5O3. The van der Waals surface area contributed by atoms with Gasteiger partial charge in [0.2, 0.25) is 5.91 Å². The summed E-state index contributed by atoms with van der Waals surface area (Å²) in [6.45, 7) is 10.6. The van der Waals surface area contributed by atoms with Gasteiger partial charge >= 0.3 is 0 Å². The standard InChI is InChI=1S/C20H28N4O.C5H10O.C4H7NO/c1-13(11-24-20(2)8-5-9-20)16-12-23-19(22)15(16)10-17(21)14-6-3-4-7-18(14)25;1-2-4-6-5-3-1;1-3-4(6)5-2/h3-4,6-7,10,12-13,23-25H,5,8-9,11,21-22H2,1-2H3;1-5H2;3H,1H2,2H3,(H,5,6)/b17-10-;;. The first-order chi connectivity index (χ1) is 17.7. The number of H-pyrrole nitrogens is 1. The fourth-order valence-electron chi connectivity index (χ4n) is 4.17. The van der Waals surface area contributed by atoms with Crippen molar-refractivity contribution < 1.29 is 14.6 Å². The molecule has 0 spiro atoms. The molecule has 2 aliphatic rings. The van der Waals surface area contributed by atoms with Crippen LogP contribution in [0.15, 0.2) is 43.1 Å². The number of para-hydroxylation sites is 1. The number of aromatic amines is 1. The number of phenols is 1. The summed E-state index contributed by atoms with van der Waals surface area (Å²) >= 11 is 0. The predicted molar refractivity (Wildman–Crippen MR) is 153 cm³/mol. The smallest absolute Gasteiger partial charge is 0.243 e. The number of hydrogen-bond donors (Lipinski definition) is 6. The van der Waals surface area contributed by atoms with E-state index in [1.807, 2.05) is 18.3 Å². The number of carbonyl (C=O) groups is 1. The Labute approximate surface area is 221 Å². The molecule has 2 fully saturated rings. The lowest BCUT2D eigenvalue weighted by molar-refractivity contribution is -0.116. The molecule has 4 rings (SSSR count).